The van der Waals surface area contributed by atoms with E-state index >= 15 is 0 Å². The number of hydrogen-bond acceptors (Lipinski definition) is 5. The summed E-state index contributed by atoms with van der Waals surface area (Å²) in [7, 11) is 1.52. The Kier molecular flexibility index (Phi) is 5.76. The Morgan fingerprint density at radius 3 is 2.41 bits per heavy atom. The quantitative estimate of drug-likeness (QED) is 0.570. The number of fused-ring (bicyclic) bond motifs is 1. The molecule has 0 aliphatic heterocycles. The molecule has 6 nitrogen and oxygen atoms in total. The van der Waals surface area contributed by atoms with Crippen molar-refractivity contribution < 1.29 is 27.4 Å². The zero-order valence-corrected chi connectivity index (χ0v) is 16.2. The van der Waals surface area contributed by atoms with Gasteiger partial charge in [-0.25, -0.2) is 14.8 Å². The molecule has 3 rings (SSSR count). The van der Waals surface area contributed by atoms with E-state index in [9.17, 15) is 18.0 Å². The number of rotatable bonds is 6. The van der Waals surface area contributed by atoms with Gasteiger partial charge in [0.2, 0.25) is 0 Å². The van der Waals surface area contributed by atoms with E-state index in [0.29, 0.717) is 17.8 Å². The van der Waals surface area contributed by atoms with E-state index in [0.717, 1.165) is 5.56 Å². The molecule has 0 atom stereocenters. The Labute approximate surface area is 165 Å². The Morgan fingerprint density at radius 1 is 1.14 bits per heavy atom. The van der Waals surface area contributed by atoms with Crippen molar-refractivity contribution in [3.05, 3.63) is 41.7 Å². The summed E-state index contributed by atoms with van der Waals surface area (Å²) >= 11 is 0. The van der Waals surface area contributed by atoms with Gasteiger partial charge in [0.1, 0.15) is 0 Å². The first-order valence-corrected chi connectivity index (χ1v) is 9.08. The number of nitrogens with zero attached hydrogens (tertiary/aromatic N) is 3. The van der Waals surface area contributed by atoms with Gasteiger partial charge in [0.05, 0.1) is 18.0 Å². The van der Waals surface area contributed by atoms with Crippen molar-refractivity contribution in [1.29, 1.82) is 0 Å². The Bertz CT molecular complexity index is 1030. The lowest BCUT2D eigenvalue weighted by molar-refractivity contribution is -0.153. The Morgan fingerprint density at radius 2 is 1.83 bits per heavy atom. The second kappa shape index (κ2) is 8.10. The molecule has 0 bridgehead atoms. The van der Waals surface area contributed by atoms with Crippen LogP contribution in [-0.4, -0.2) is 39.9 Å². The fraction of sp³-hybridized carbons (Fsp3) is 0.350. The van der Waals surface area contributed by atoms with Crippen LogP contribution in [0.15, 0.2) is 30.3 Å². The largest absolute Gasteiger partial charge is 0.479 e. The minimum Gasteiger partial charge on any atom is -0.479 e. The molecule has 0 spiro atoms. The minimum absolute atomic E-state index is 0.0649. The van der Waals surface area contributed by atoms with Gasteiger partial charge in [-0.2, -0.15) is 13.2 Å². The van der Waals surface area contributed by atoms with Crippen LogP contribution in [0.2, 0.25) is 0 Å². The number of aryl methyl sites for hydroxylation is 2. The third-order valence-electron chi connectivity index (χ3n) is 4.26. The first-order chi connectivity index (χ1) is 13.8. The van der Waals surface area contributed by atoms with Crippen molar-refractivity contribution in [2.24, 2.45) is 7.05 Å². The first-order valence-electron chi connectivity index (χ1n) is 9.08. The van der Waals surface area contributed by atoms with Gasteiger partial charge in [-0.3, -0.25) is 0 Å². The van der Waals surface area contributed by atoms with Crippen molar-refractivity contribution in [2.75, 3.05) is 13.2 Å². The molecule has 154 valence electrons. The lowest BCUT2D eigenvalue weighted by Gasteiger charge is -2.11. The molecule has 2 aromatic heterocycles. The molecule has 1 aromatic carbocycles. The van der Waals surface area contributed by atoms with Gasteiger partial charge in [0, 0.05) is 12.6 Å². The summed E-state index contributed by atoms with van der Waals surface area (Å²) in [5.41, 5.74) is 2.12. The van der Waals surface area contributed by atoms with Crippen LogP contribution < -0.4 is 4.74 Å². The van der Waals surface area contributed by atoms with Crippen molar-refractivity contribution in [1.82, 2.24) is 14.5 Å². The monoisotopic (exact) mass is 407 g/mol. The number of esters is 1. The molecule has 2 heterocycles. The molecule has 0 saturated heterocycles. The SMILES string of the molecule is CCOC(=O)c1c(OCC(F)(F)F)c2nc(-c3ccccc3)c(CC)nc2n1C. The van der Waals surface area contributed by atoms with E-state index in [1.54, 1.807) is 6.92 Å². The highest BCUT2D eigenvalue weighted by molar-refractivity contribution is 5.99. The minimum atomic E-state index is -4.58. The van der Waals surface area contributed by atoms with Crippen LogP contribution in [0.25, 0.3) is 22.4 Å². The smallest absolute Gasteiger partial charge is 0.422 e. The molecule has 0 fully saturated rings. The molecule has 0 radical (unpaired) electrons. The molecule has 0 unspecified atom stereocenters. The van der Waals surface area contributed by atoms with E-state index in [4.69, 9.17) is 9.47 Å². The summed E-state index contributed by atoms with van der Waals surface area (Å²) in [4.78, 5) is 21.6. The molecular weight excluding hydrogens is 387 g/mol. The van der Waals surface area contributed by atoms with Crippen LogP contribution >= 0.6 is 0 Å². The van der Waals surface area contributed by atoms with Gasteiger partial charge in [0.25, 0.3) is 0 Å². The lowest BCUT2D eigenvalue weighted by Crippen LogP contribution is -2.21. The third kappa shape index (κ3) is 4.18. The van der Waals surface area contributed by atoms with E-state index in [1.165, 1.54) is 11.6 Å². The standard InChI is InChI=1S/C20H20F3N3O3/c1-4-13-14(12-9-7-6-8-10-12)25-15-17(29-11-20(21,22)23)16(19(27)28-5-2)26(3)18(15)24-13/h6-10H,4-5,11H2,1-3H3. The zero-order valence-electron chi connectivity index (χ0n) is 16.2. The van der Waals surface area contributed by atoms with E-state index in [-0.39, 0.29) is 29.2 Å². The molecular formula is C20H20F3N3O3. The second-order valence-corrected chi connectivity index (χ2v) is 6.27. The van der Waals surface area contributed by atoms with Gasteiger partial charge in [0.15, 0.2) is 29.2 Å². The normalized spacial score (nSPS) is 11.7. The van der Waals surface area contributed by atoms with Crippen molar-refractivity contribution >= 4 is 17.1 Å². The van der Waals surface area contributed by atoms with E-state index < -0.39 is 18.8 Å². The van der Waals surface area contributed by atoms with Crippen molar-refractivity contribution in [3.8, 4) is 17.0 Å². The third-order valence-corrected chi connectivity index (χ3v) is 4.26. The summed E-state index contributed by atoms with van der Waals surface area (Å²) in [5, 5.41) is 0. The fourth-order valence-electron chi connectivity index (χ4n) is 3.01. The van der Waals surface area contributed by atoms with E-state index in [2.05, 4.69) is 9.97 Å². The Hall–Kier alpha value is -3.10. The second-order valence-electron chi connectivity index (χ2n) is 6.27. The molecule has 29 heavy (non-hydrogen) atoms. The topological polar surface area (TPSA) is 66.2 Å². The molecule has 0 amide bonds. The molecule has 0 aliphatic rings. The van der Waals surface area contributed by atoms with Crippen molar-refractivity contribution in [2.45, 2.75) is 26.4 Å². The lowest BCUT2D eigenvalue weighted by atomic mass is 10.1. The average molecular weight is 407 g/mol. The Balaban J connectivity index is 2.27. The van der Waals surface area contributed by atoms with Gasteiger partial charge in [-0.15, -0.1) is 0 Å². The van der Waals surface area contributed by atoms with Crippen molar-refractivity contribution in [3.63, 3.8) is 0 Å². The van der Waals surface area contributed by atoms with Crippen LogP contribution in [0.3, 0.4) is 0 Å². The molecule has 9 heteroatoms. The number of ether oxygens (including phenoxy) is 2. The summed E-state index contributed by atoms with van der Waals surface area (Å²) in [6, 6.07) is 9.18. The highest BCUT2D eigenvalue weighted by Gasteiger charge is 2.33. The molecule has 0 aliphatic carbocycles. The van der Waals surface area contributed by atoms with Gasteiger partial charge in [-0.05, 0) is 13.3 Å². The summed E-state index contributed by atoms with van der Waals surface area (Å²) in [6.07, 6.45) is -4.03. The van der Waals surface area contributed by atoms with Crippen LogP contribution in [-0.2, 0) is 18.2 Å². The zero-order chi connectivity index (χ0) is 21.2. The van der Waals surface area contributed by atoms with Crippen LogP contribution in [0.5, 0.6) is 5.75 Å². The first kappa shape index (κ1) is 20.6. The fourth-order valence-corrected chi connectivity index (χ4v) is 3.01. The highest BCUT2D eigenvalue weighted by Crippen LogP contribution is 2.35. The average Bonchev–Trinajstić information content (AvgIpc) is 2.97. The maximum atomic E-state index is 12.8. The van der Waals surface area contributed by atoms with Gasteiger partial charge < -0.3 is 14.0 Å². The van der Waals surface area contributed by atoms with Gasteiger partial charge >= 0.3 is 12.1 Å². The molecule has 0 N–H and O–H groups in total. The number of hydrogen-bond donors (Lipinski definition) is 0. The van der Waals surface area contributed by atoms with Gasteiger partial charge in [-0.1, -0.05) is 37.3 Å². The predicted octanol–water partition coefficient (Wildman–Crippen LogP) is 4.32. The maximum Gasteiger partial charge on any atom is 0.422 e. The molecule has 3 aromatic rings. The highest BCUT2D eigenvalue weighted by atomic mass is 19.4. The summed E-state index contributed by atoms with van der Waals surface area (Å²) in [6.45, 7) is 2.01. The number of carbonyl (C=O) groups excluding carboxylic acids is 1. The number of carbonyl (C=O) groups is 1. The van der Waals surface area contributed by atoms with E-state index in [1.807, 2.05) is 37.3 Å². The predicted molar refractivity (Wildman–Crippen MR) is 101 cm³/mol. The molecule has 0 saturated carbocycles. The maximum absolute atomic E-state index is 12.8. The van der Waals surface area contributed by atoms with Crippen LogP contribution in [0.1, 0.15) is 30.0 Å². The number of alkyl halides is 3. The summed E-state index contributed by atoms with van der Waals surface area (Å²) < 4.78 is 49.8. The van der Waals surface area contributed by atoms with Crippen LogP contribution in [0, 0.1) is 0 Å². The van der Waals surface area contributed by atoms with Crippen LogP contribution in [0.4, 0.5) is 13.2 Å². The summed E-state index contributed by atoms with van der Waals surface area (Å²) in [5.74, 6) is -1.09. The number of halogens is 3. The number of aromatic nitrogens is 3. The number of benzene rings is 1.